The van der Waals surface area contributed by atoms with E-state index in [1.807, 2.05) is 43.3 Å². The Morgan fingerprint density at radius 1 is 1.03 bits per heavy atom. The van der Waals surface area contributed by atoms with Crippen molar-refractivity contribution in [3.63, 3.8) is 0 Å². The Hall–Kier alpha value is -3.40. The second-order valence-corrected chi connectivity index (χ2v) is 10.8. The predicted molar refractivity (Wildman–Crippen MR) is 138 cm³/mol. The lowest BCUT2D eigenvalue weighted by atomic mass is 9.94. The van der Waals surface area contributed by atoms with E-state index in [4.69, 9.17) is 14.2 Å². The topological polar surface area (TPSA) is 103 Å². The maximum absolute atomic E-state index is 13.3. The molecule has 0 bridgehead atoms. The lowest BCUT2D eigenvalue weighted by Crippen LogP contribution is -2.27. The number of amides is 1. The van der Waals surface area contributed by atoms with E-state index in [0.29, 0.717) is 23.8 Å². The number of ether oxygens (including phenoxy) is 3. The van der Waals surface area contributed by atoms with Gasteiger partial charge in [-0.05, 0) is 78.4 Å². The highest BCUT2D eigenvalue weighted by molar-refractivity contribution is 7.89. The largest absolute Gasteiger partial charge is 0.454 e. The normalized spacial score (nSPS) is 15.5. The van der Waals surface area contributed by atoms with Crippen molar-refractivity contribution in [2.24, 2.45) is 0 Å². The standard InChI is InChI=1S/C27H28N2O6S.H2/c1-18-3-7-21(16-23(18)19-4-8-22(9-5-19)36(31,32)28-13-14-33-2)29-26(30)27(11-12-27)20-6-10-24-25(15-20)35-17-34-24;/h3-10,15-16,28H,11-14,17H2,1-2H3,(H,29,30);1H. The van der Waals surface area contributed by atoms with Crippen molar-refractivity contribution in [2.75, 3.05) is 32.4 Å². The van der Waals surface area contributed by atoms with E-state index >= 15 is 0 Å². The summed E-state index contributed by atoms with van der Waals surface area (Å²) in [5.41, 5.74) is 3.82. The molecular formula is C27H30N2O6S. The number of methoxy groups -OCH3 is 1. The first-order chi connectivity index (χ1) is 17.3. The average Bonchev–Trinajstić information content (AvgIpc) is 3.56. The molecule has 36 heavy (non-hydrogen) atoms. The molecule has 190 valence electrons. The fourth-order valence-electron chi connectivity index (χ4n) is 4.40. The fourth-order valence-corrected chi connectivity index (χ4v) is 5.42. The third-order valence-electron chi connectivity index (χ3n) is 6.68. The number of nitrogens with one attached hydrogen (secondary N) is 2. The molecule has 2 aliphatic rings. The van der Waals surface area contributed by atoms with Crippen LogP contribution in [0.1, 0.15) is 25.4 Å². The minimum atomic E-state index is -3.61. The molecular weight excluding hydrogens is 480 g/mol. The van der Waals surface area contributed by atoms with Gasteiger partial charge in [0, 0.05) is 20.8 Å². The molecule has 0 aromatic heterocycles. The van der Waals surface area contributed by atoms with Crippen molar-refractivity contribution in [1.82, 2.24) is 4.72 Å². The number of anilines is 1. The Morgan fingerprint density at radius 2 is 1.78 bits per heavy atom. The van der Waals surface area contributed by atoms with Crippen LogP contribution in [-0.2, 0) is 25.0 Å². The molecule has 2 N–H and O–H groups in total. The number of aryl methyl sites for hydroxylation is 1. The molecule has 3 aromatic rings. The number of fused-ring (bicyclic) bond motifs is 1. The third kappa shape index (κ3) is 4.69. The van der Waals surface area contributed by atoms with Gasteiger partial charge in [0.05, 0.1) is 16.9 Å². The van der Waals surface area contributed by atoms with Crippen LogP contribution in [0.3, 0.4) is 0 Å². The number of sulfonamides is 1. The predicted octanol–water partition coefficient (Wildman–Crippen LogP) is 4.23. The van der Waals surface area contributed by atoms with Crippen LogP contribution in [0.15, 0.2) is 65.6 Å². The van der Waals surface area contributed by atoms with E-state index in [0.717, 1.165) is 35.1 Å². The number of hydrogen-bond acceptors (Lipinski definition) is 6. The molecule has 0 spiro atoms. The molecule has 1 aliphatic heterocycles. The van der Waals surface area contributed by atoms with E-state index in [2.05, 4.69) is 10.0 Å². The molecule has 9 heteroatoms. The van der Waals surface area contributed by atoms with Crippen LogP contribution in [0, 0.1) is 6.92 Å². The highest BCUT2D eigenvalue weighted by Crippen LogP contribution is 2.51. The van der Waals surface area contributed by atoms with Crippen LogP contribution in [0.4, 0.5) is 5.69 Å². The Balaban J connectivity index is 0.00000320. The monoisotopic (exact) mass is 510 g/mol. The van der Waals surface area contributed by atoms with Crippen molar-refractivity contribution in [2.45, 2.75) is 30.1 Å². The highest BCUT2D eigenvalue weighted by Gasteiger charge is 2.51. The lowest BCUT2D eigenvalue weighted by molar-refractivity contribution is -0.118. The highest BCUT2D eigenvalue weighted by atomic mass is 32.2. The Kier molecular flexibility index (Phi) is 6.46. The smallest absolute Gasteiger partial charge is 0.240 e. The van der Waals surface area contributed by atoms with Gasteiger partial charge in [-0.1, -0.05) is 24.3 Å². The number of carbonyl (C=O) groups excluding carboxylic acids is 1. The maximum Gasteiger partial charge on any atom is 0.240 e. The maximum atomic E-state index is 13.3. The second kappa shape index (κ2) is 9.57. The molecule has 0 atom stereocenters. The molecule has 1 fully saturated rings. The van der Waals surface area contributed by atoms with Gasteiger partial charge in [-0.15, -0.1) is 0 Å². The number of rotatable bonds is 9. The molecule has 0 unspecified atom stereocenters. The van der Waals surface area contributed by atoms with Crippen molar-refractivity contribution in [3.05, 3.63) is 71.8 Å². The summed E-state index contributed by atoms with van der Waals surface area (Å²) in [7, 11) is -2.09. The van der Waals surface area contributed by atoms with Gasteiger partial charge >= 0.3 is 0 Å². The average molecular weight is 511 g/mol. The van der Waals surface area contributed by atoms with E-state index in [1.165, 1.54) is 7.11 Å². The van der Waals surface area contributed by atoms with E-state index in [9.17, 15) is 13.2 Å². The van der Waals surface area contributed by atoms with Gasteiger partial charge in [-0.25, -0.2) is 13.1 Å². The van der Waals surface area contributed by atoms with E-state index in [1.54, 1.807) is 24.3 Å². The molecule has 0 saturated heterocycles. The molecule has 8 nitrogen and oxygen atoms in total. The number of carbonyl (C=O) groups is 1. The van der Waals surface area contributed by atoms with Crippen molar-refractivity contribution in [1.29, 1.82) is 0 Å². The van der Waals surface area contributed by atoms with Crippen LogP contribution < -0.4 is 19.5 Å². The Bertz CT molecular complexity index is 1400. The molecule has 1 aliphatic carbocycles. The van der Waals surface area contributed by atoms with Crippen LogP contribution in [-0.4, -0.2) is 41.4 Å². The van der Waals surface area contributed by atoms with E-state index in [-0.39, 0.29) is 25.6 Å². The summed E-state index contributed by atoms with van der Waals surface area (Å²) in [5, 5.41) is 3.08. The number of benzene rings is 3. The van der Waals surface area contributed by atoms with Gasteiger partial charge < -0.3 is 19.5 Å². The first-order valence-corrected chi connectivity index (χ1v) is 13.2. The molecule has 3 aromatic carbocycles. The fraction of sp³-hybridized carbons (Fsp3) is 0.296. The zero-order chi connectivity index (χ0) is 25.3. The van der Waals surface area contributed by atoms with Crippen LogP contribution in [0.5, 0.6) is 11.5 Å². The SMILES string of the molecule is COCCNS(=O)(=O)c1ccc(-c2cc(NC(=O)C3(c4ccc5c(c4)OCO5)CC3)ccc2C)cc1.[HH]. The second-order valence-electron chi connectivity index (χ2n) is 9.05. The van der Waals surface area contributed by atoms with Crippen molar-refractivity contribution < 1.29 is 28.8 Å². The summed E-state index contributed by atoms with van der Waals surface area (Å²) < 4.78 is 43.2. The molecule has 1 heterocycles. The van der Waals surface area contributed by atoms with Gasteiger partial charge in [0.2, 0.25) is 22.7 Å². The Morgan fingerprint density at radius 3 is 2.50 bits per heavy atom. The summed E-state index contributed by atoms with van der Waals surface area (Å²) in [4.78, 5) is 13.5. The van der Waals surface area contributed by atoms with Gasteiger partial charge in [0.25, 0.3) is 0 Å². The molecule has 1 amide bonds. The third-order valence-corrected chi connectivity index (χ3v) is 8.16. The Labute approximate surface area is 212 Å². The summed E-state index contributed by atoms with van der Waals surface area (Å²) in [6.07, 6.45) is 1.54. The lowest BCUT2D eigenvalue weighted by Gasteiger charge is -2.17. The van der Waals surface area contributed by atoms with E-state index < -0.39 is 15.4 Å². The van der Waals surface area contributed by atoms with Gasteiger partial charge in [-0.3, -0.25) is 4.79 Å². The minimum Gasteiger partial charge on any atom is -0.454 e. The zero-order valence-electron chi connectivity index (χ0n) is 20.2. The van der Waals surface area contributed by atoms with Gasteiger partial charge in [0.15, 0.2) is 11.5 Å². The van der Waals surface area contributed by atoms with Crippen LogP contribution in [0.2, 0.25) is 0 Å². The zero-order valence-corrected chi connectivity index (χ0v) is 21.0. The van der Waals surface area contributed by atoms with Crippen LogP contribution >= 0.6 is 0 Å². The molecule has 5 rings (SSSR count). The van der Waals surface area contributed by atoms with Crippen molar-refractivity contribution >= 4 is 21.6 Å². The molecule has 1 saturated carbocycles. The summed E-state index contributed by atoms with van der Waals surface area (Å²) in [6, 6.07) is 18.1. The number of hydrogen-bond donors (Lipinski definition) is 2. The summed E-state index contributed by atoms with van der Waals surface area (Å²) in [5.74, 6) is 1.31. The minimum absolute atomic E-state index is 0. The quantitative estimate of drug-likeness (QED) is 0.418. The first kappa shape index (κ1) is 24.3. The van der Waals surface area contributed by atoms with Gasteiger partial charge in [0.1, 0.15) is 0 Å². The summed E-state index contributed by atoms with van der Waals surface area (Å²) in [6.45, 7) is 2.68. The summed E-state index contributed by atoms with van der Waals surface area (Å²) >= 11 is 0. The molecule has 0 radical (unpaired) electrons. The van der Waals surface area contributed by atoms with Crippen molar-refractivity contribution in [3.8, 4) is 22.6 Å². The first-order valence-electron chi connectivity index (χ1n) is 11.7. The van der Waals surface area contributed by atoms with Gasteiger partial charge in [-0.2, -0.15) is 0 Å². The van der Waals surface area contributed by atoms with Crippen LogP contribution in [0.25, 0.3) is 11.1 Å².